The SMILES string of the molecule is CCCCCCCCCCCCCCCCCCCn1cc[n+](CCCCCCCCCCCC)c1CCCCCCCCCCCCCCC. The Morgan fingerprint density at radius 2 is 0.608 bits per heavy atom. The van der Waals surface area contributed by atoms with Gasteiger partial charge >= 0.3 is 0 Å². The molecule has 0 bridgehead atoms. The first-order valence-electron chi connectivity index (χ1n) is 24.4. The Hall–Kier alpha value is -0.790. The highest BCUT2D eigenvalue weighted by atomic mass is 15.1. The van der Waals surface area contributed by atoms with Gasteiger partial charge < -0.3 is 0 Å². The van der Waals surface area contributed by atoms with Crippen molar-refractivity contribution in [2.75, 3.05) is 0 Å². The summed E-state index contributed by atoms with van der Waals surface area (Å²) in [5, 5.41) is 0. The highest BCUT2D eigenvalue weighted by Gasteiger charge is 2.16. The van der Waals surface area contributed by atoms with Crippen LogP contribution in [0, 0.1) is 0 Å². The summed E-state index contributed by atoms with van der Waals surface area (Å²) in [7, 11) is 0. The van der Waals surface area contributed by atoms with Gasteiger partial charge in [-0.1, -0.05) is 245 Å². The second-order valence-corrected chi connectivity index (χ2v) is 16.9. The van der Waals surface area contributed by atoms with Gasteiger partial charge in [0.1, 0.15) is 12.4 Å². The zero-order valence-corrected chi connectivity index (χ0v) is 36.0. The van der Waals surface area contributed by atoms with Crippen molar-refractivity contribution >= 4 is 0 Å². The third kappa shape index (κ3) is 32.4. The van der Waals surface area contributed by atoms with Crippen molar-refractivity contribution < 1.29 is 4.57 Å². The smallest absolute Gasteiger partial charge is 0.234 e. The van der Waals surface area contributed by atoms with Crippen molar-refractivity contribution in [1.29, 1.82) is 0 Å². The van der Waals surface area contributed by atoms with E-state index in [-0.39, 0.29) is 0 Å². The lowest BCUT2D eigenvalue weighted by Crippen LogP contribution is -2.37. The number of nitrogens with zero attached hydrogens (tertiary/aromatic N) is 2. The van der Waals surface area contributed by atoms with Crippen molar-refractivity contribution in [2.45, 2.75) is 297 Å². The van der Waals surface area contributed by atoms with E-state index in [1.165, 1.54) is 276 Å². The summed E-state index contributed by atoms with van der Waals surface area (Å²) >= 11 is 0. The average molecular weight is 714 g/mol. The Morgan fingerprint density at radius 3 is 0.941 bits per heavy atom. The van der Waals surface area contributed by atoms with E-state index in [0.29, 0.717) is 0 Å². The molecule has 0 saturated carbocycles. The fourth-order valence-electron chi connectivity index (χ4n) is 8.27. The molecule has 0 saturated heterocycles. The molecule has 2 heteroatoms. The molecule has 1 aromatic heterocycles. The molecule has 0 unspecified atom stereocenters. The van der Waals surface area contributed by atoms with Crippen LogP contribution in [-0.4, -0.2) is 4.57 Å². The summed E-state index contributed by atoms with van der Waals surface area (Å²) in [6, 6.07) is 0. The lowest BCUT2D eigenvalue weighted by molar-refractivity contribution is -0.704. The number of rotatable bonds is 43. The number of imidazole rings is 1. The van der Waals surface area contributed by atoms with Gasteiger partial charge in [0.15, 0.2) is 0 Å². The number of aryl methyl sites for hydroxylation is 2. The Morgan fingerprint density at radius 1 is 0.333 bits per heavy atom. The molecule has 302 valence electrons. The first kappa shape index (κ1) is 48.2. The van der Waals surface area contributed by atoms with Gasteiger partial charge in [-0.05, 0) is 32.1 Å². The van der Waals surface area contributed by atoms with Crippen LogP contribution in [0.15, 0.2) is 12.4 Å². The third-order valence-electron chi connectivity index (χ3n) is 11.8. The maximum absolute atomic E-state index is 2.65. The van der Waals surface area contributed by atoms with Crippen molar-refractivity contribution in [3.8, 4) is 0 Å². The quantitative estimate of drug-likeness (QED) is 0.0471. The minimum Gasteiger partial charge on any atom is -0.234 e. The number of unbranched alkanes of at least 4 members (excludes halogenated alkanes) is 37. The van der Waals surface area contributed by atoms with Gasteiger partial charge in [-0.15, -0.1) is 0 Å². The van der Waals surface area contributed by atoms with Gasteiger partial charge in [-0.25, -0.2) is 9.13 Å². The molecule has 1 aromatic rings. The van der Waals surface area contributed by atoms with Crippen LogP contribution in [0.3, 0.4) is 0 Å². The van der Waals surface area contributed by atoms with Gasteiger partial charge in [0.25, 0.3) is 5.82 Å². The lowest BCUT2D eigenvalue weighted by Gasteiger charge is -2.07. The van der Waals surface area contributed by atoms with Crippen LogP contribution in [-0.2, 0) is 19.5 Å². The molecule has 0 N–H and O–H groups in total. The number of hydrogen-bond acceptors (Lipinski definition) is 0. The van der Waals surface area contributed by atoms with E-state index in [9.17, 15) is 0 Å². The van der Waals surface area contributed by atoms with Gasteiger partial charge in [0, 0.05) is 6.42 Å². The molecule has 0 radical (unpaired) electrons. The minimum absolute atomic E-state index is 1.23. The lowest BCUT2D eigenvalue weighted by atomic mass is 10.0. The third-order valence-corrected chi connectivity index (χ3v) is 11.8. The Kier molecular flexibility index (Phi) is 38.2. The molecule has 0 aliphatic heterocycles. The predicted octanol–water partition coefficient (Wildman–Crippen LogP) is 17.0. The number of aromatic nitrogens is 2. The molecule has 0 aliphatic rings. The molecule has 0 fully saturated rings. The summed E-state index contributed by atoms with van der Waals surface area (Å²) in [4.78, 5) is 0. The molecule has 2 nitrogen and oxygen atoms in total. The molecule has 0 amide bonds. The minimum atomic E-state index is 1.23. The summed E-state index contributed by atoms with van der Waals surface area (Å²) < 4.78 is 5.31. The van der Waals surface area contributed by atoms with Crippen LogP contribution in [0.4, 0.5) is 0 Å². The maximum Gasteiger partial charge on any atom is 0.256 e. The summed E-state index contributed by atoms with van der Waals surface area (Å²) in [5.41, 5.74) is 0. The molecule has 0 spiro atoms. The summed E-state index contributed by atoms with van der Waals surface area (Å²) in [6.07, 6.45) is 63.8. The topological polar surface area (TPSA) is 8.81 Å². The van der Waals surface area contributed by atoms with E-state index >= 15 is 0 Å². The largest absolute Gasteiger partial charge is 0.256 e. The van der Waals surface area contributed by atoms with Crippen molar-refractivity contribution in [3.05, 3.63) is 18.2 Å². The van der Waals surface area contributed by atoms with Crippen LogP contribution in [0.1, 0.15) is 283 Å². The van der Waals surface area contributed by atoms with E-state index in [4.69, 9.17) is 0 Å². The van der Waals surface area contributed by atoms with Crippen LogP contribution in [0.2, 0.25) is 0 Å². The molecular formula is C49H97N2+. The first-order chi connectivity index (χ1) is 25.3. The Balaban J connectivity index is 2.23. The summed E-state index contributed by atoms with van der Waals surface area (Å²) in [5.74, 6) is 1.63. The normalized spacial score (nSPS) is 11.7. The van der Waals surface area contributed by atoms with Gasteiger partial charge in [0.05, 0.1) is 13.1 Å². The van der Waals surface area contributed by atoms with Crippen LogP contribution >= 0.6 is 0 Å². The van der Waals surface area contributed by atoms with Gasteiger partial charge in [-0.3, -0.25) is 0 Å². The molecular weight excluding hydrogens is 617 g/mol. The van der Waals surface area contributed by atoms with E-state index in [0.717, 1.165) is 0 Å². The van der Waals surface area contributed by atoms with E-state index < -0.39 is 0 Å². The van der Waals surface area contributed by atoms with Crippen LogP contribution in [0.5, 0.6) is 0 Å². The molecule has 1 heterocycles. The average Bonchev–Trinajstić information content (AvgIpc) is 3.53. The van der Waals surface area contributed by atoms with Crippen LogP contribution in [0.25, 0.3) is 0 Å². The van der Waals surface area contributed by atoms with E-state index in [1.54, 1.807) is 5.82 Å². The Bertz CT molecular complexity index is 781. The molecule has 0 atom stereocenters. The van der Waals surface area contributed by atoms with E-state index in [1.807, 2.05) is 0 Å². The molecule has 0 aliphatic carbocycles. The fourth-order valence-corrected chi connectivity index (χ4v) is 8.27. The Labute approximate surface area is 323 Å². The molecule has 1 rings (SSSR count). The maximum atomic E-state index is 2.65. The molecule has 0 aromatic carbocycles. The molecule has 51 heavy (non-hydrogen) atoms. The highest BCUT2D eigenvalue weighted by molar-refractivity contribution is 4.84. The summed E-state index contributed by atoms with van der Waals surface area (Å²) in [6.45, 7) is 9.42. The monoisotopic (exact) mass is 714 g/mol. The fraction of sp³-hybridized carbons (Fsp3) is 0.939. The highest BCUT2D eigenvalue weighted by Crippen LogP contribution is 2.17. The van der Waals surface area contributed by atoms with Crippen molar-refractivity contribution in [1.82, 2.24) is 4.57 Å². The number of hydrogen-bond donors (Lipinski definition) is 0. The zero-order chi connectivity index (χ0) is 36.6. The predicted molar refractivity (Wildman–Crippen MR) is 230 cm³/mol. The van der Waals surface area contributed by atoms with Crippen molar-refractivity contribution in [2.24, 2.45) is 0 Å². The second-order valence-electron chi connectivity index (χ2n) is 16.9. The standard InChI is InChI=1S/C49H97N2/c1-4-7-10-13-16-19-22-24-25-26-27-29-31-34-37-40-43-46-51-48-47-50(45-42-39-36-33-21-18-15-12-9-6-3)49(51)44-41-38-35-32-30-28-23-20-17-14-11-8-5-2/h47-48H,4-46H2,1-3H3/q+1. The van der Waals surface area contributed by atoms with Gasteiger partial charge in [0.2, 0.25) is 0 Å². The van der Waals surface area contributed by atoms with E-state index in [2.05, 4.69) is 42.3 Å². The van der Waals surface area contributed by atoms with Gasteiger partial charge in [-0.2, -0.15) is 0 Å². The first-order valence-corrected chi connectivity index (χ1v) is 24.4. The zero-order valence-electron chi connectivity index (χ0n) is 36.0. The van der Waals surface area contributed by atoms with Crippen molar-refractivity contribution in [3.63, 3.8) is 0 Å². The second kappa shape index (κ2) is 40.4. The van der Waals surface area contributed by atoms with Crippen LogP contribution < -0.4 is 4.57 Å².